The van der Waals surface area contributed by atoms with Gasteiger partial charge in [-0.05, 0) is 0 Å². The summed E-state index contributed by atoms with van der Waals surface area (Å²) in [5.41, 5.74) is 5.10. The zero-order chi connectivity index (χ0) is 7.78. The Hall–Kier alpha value is -0.660. The Morgan fingerprint density at radius 2 is 2.30 bits per heavy atom. The van der Waals surface area contributed by atoms with E-state index in [1.807, 2.05) is 0 Å². The van der Waals surface area contributed by atoms with Gasteiger partial charge < -0.3 is 5.73 Å². The SMILES string of the molecule is Nc1csc(S(=O)(=O)O)n1. The quantitative estimate of drug-likeness (QED) is 0.592. The van der Waals surface area contributed by atoms with Crippen LogP contribution in [0.1, 0.15) is 0 Å². The first-order valence-electron chi connectivity index (χ1n) is 2.18. The molecule has 5 nitrogen and oxygen atoms in total. The molecular weight excluding hydrogens is 176 g/mol. The summed E-state index contributed by atoms with van der Waals surface area (Å²) in [6.07, 6.45) is 0. The highest BCUT2D eigenvalue weighted by Crippen LogP contribution is 2.15. The van der Waals surface area contributed by atoms with Gasteiger partial charge in [-0.1, -0.05) is 0 Å². The number of nitrogens with two attached hydrogens (primary N) is 1. The summed E-state index contributed by atoms with van der Waals surface area (Å²) in [6.45, 7) is 0. The molecule has 0 amide bonds. The van der Waals surface area contributed by atoms with E-state index in [0.29, 0.717) is 0 Å². The number of aromatic nitrogens is 1. The molecule has 0 fully saturated rings. The Morgan fingerprint density at radius 3 is 2.50 bits per heavy atom. The van der Waals surface area contributed by atoms with Crippen LogP contribution >= 0.6 is 11.3 Å². The summed E-state index contributed by atoms with van der Waals surface area (Å²) in [4.78, 5) is 3.34. The number of nitrogens with zero attached hydrogens (tertiary/aromatic N) is 1. The first-order chi connectivity index (χ1) is 4.50. The van der Waals surface area contributed by atoms with E-state index in [2.05, 4.69) is 4.98 Å². The summed E-state index contributed by atoms with van der Waals surface area (Å²) in [7, 11) is -4.15. The molecule has 0 atom stereocenters. The molecular formula is C3H4N2O3S2. The Labute approximate surface area is 61.3 Å². The molecule has 0 radical (unpaired) electrons. The van der Waals surface area contributed by atoms with Crippen LogP contribution in [-0.2, 0) is 10.1 Å². The second kappa shape index (κ2) is 2.19. The van der Waals surface area contributed by atoms with Crippen molar-refractivity contribution in [1.82, 2.24) is 4.98 Å². The van der Waals surface area contributed by atoms with Gasteiger partial charge >= 0.3 is 10.1 Å². The fourth-order valence-electron chi connectivity index (χ4n) is 0.387. The van der Waals surface area contributed by atoms with Crippen LogP contribution in [0.4, 0.5) is 5.82 Å². The van der Waals surface area contributed by atoms with Crippen LogP contribution < -0.4 is 5.73 Å². The molecule has 1 aromatic heterocycles. The molecule has 0 aliphatic rings. The lowest BCUT2D eigenvalue weighted by atomic mass is 10.9. The smallest absolute Gasteiger partial charge is 0.322 e. The maximum Gasteiger partial charge on any atom is 0.322 e. The van der Waals surface area contributed by atoms with Crippen LogP contribution in [0.2, 0.25) is 0 Å². The molecule has 56 valence electrons. The Kier molecular flexibility index (Phi) is 1.63. The van der Waals surface area contributed by atoms with Gasteiger partial charge in [0.25, 0.3) is 0 Å². The third-order valence-corrected chi connectivity index (χ3v) is 2.83. The average Bonchev–Trinajstić information content (AvgIpc) is 2.11. The zero-order valence-electron chi connectivity index (χ0n) is 4.68. The molecule has 3 N–H and O–H groups in total. The normalized spacial score (nSPS) is 11.7. The van der Waals surface area contributed by atoms with Crippen molar-refractivity contribution in [2.45, 2.75) is 4.34 Å². The fourth-order valence-corrected chi connectivity index (χ4v) is 1.67. The van der Waals surface area contributed by atoms with Crippen molar-refractivity contribution in [3.05, 3.63) is 5.38 Å². The minimum Gasteiger partial charge on any atom is -0.383 e. The first kappa shape index (κ1) is 7.45. The standard InChI is InChI=1S/C3H4N2O3S2/c4-2-1-9-3(5-2)10(6,7)8/h1H,4H2,(H,6,7,8). The zero-order valence-corrected chi connectivity index (χ0v) is 6.32. The number of rotatable bonds is 1. The number of hydrogen-bond donors (Lipinski definition) is 2. The summed E-state index contributed by atoms with van der Waals surface area (Å²) >= 11 is 0.782. The van der Waals surface area contributed by atoms with Crippen LogP contribution in [0.15, 0.2) is 9.72 Å². The van der Waals surface area contributed by atoms with Gasteiger partial charge in [-0.2, -0.15) is 8.42 Å². The second-order valence-electron chi connectivity index (χ2n) is 1.51. The molecule has 0 bridgehead atoms. The number of thiazole rings is 1. The lowest BCUT2D eigenvalue weighted by Gasteiger charge is -1.84. The van der Waals surface area contributed by atoms with Crippen molar-refractivity contribution in [2.75, 3.05) is 5.73 Å². The number of nitrogen functional groups attached to an aromatic ring is 1. The van der Waals surface area contributed by atoms with E-state index >= 15 is 0 Å². The van der Waals surface area contributed by atoms with Crippen molar-refractivity contribution >= 4 is 27.3 Å². The molecule has 7 heteroatoms. The van der Waals surface area contributed by atoms with Gasteiger partial charge in [0.2, 0.25) is 4.34 Å². The van der Waals surface area contributed by atoms with Crippen molar-refractivity contribution < 1.29 is 13.0 Å². The molecule has 0 aliphatic carbocycles. The number of hydrogen-bond acceptors (Lipinski definition) is 5. The first-order valence-corrected chi connectivity index (χ1v) is 4.50. The van der Waals surface area contributed by atoms with Crippen LogP contribution in [-0.4, -0.2) is 18.0 Å². The van der Waals surface area contributed by atoms with E-state index in [-0.39, 0.29) is 10.2 Å². The fraction of sp³-hybridized carbons (Fsp3) is 0. The van der Waals surface area contributed by atoms with Gasteiger partial charge in [-0.3, -0.25) is 4.55 Å². The summed E-state index contributed by atoms with van der Waals surface area (Å²) in [5.74, 6) is 0.0950. The highest BCUT2D eigenvalue weighted by Gasteiger charge is 2.13. The van der Waals surface area contributed by atoms with Crippen molar-refractivity contribution in [3.8, 4) is 0 Å². The molecule has 0 aromatic carbocycles. The predicted octanol–water partition coefficient (Wildman–Crippen LogP) is -0.0280. The van der Waals surface area contributed by atoms with Crippen molar-refractivity contribution in [2.24, 2.45) is 0 Å². The van der Waals surface area contributed by atoms with E-state index in [0.717, 1.165) is 11.3 Å². The Morgan fingerprint density at radius 1 is 1.70 bits per heavy atom. The largest absolute Gasteiger partial charge is 0.383 e. The highest BCUT2D eigenvalue weighted by atomic mass is 32.3. The van der Waals surface area contributed by atoms with Crippen LogP contribution in [0.25, 0.3) is 0 Å². The summed E-state index contributed by atoms with van der Waals surface area (Å²) in [6, 6.07) is 0. The third-order valence-electron chi connectivity index (χ3n) is 0.722. The van der Waals surface area contributed by atoms with Gasteiger partial charge in [-0.25, -0.2) is 4.98 Å². The van der Waals surface area contributed by atoms with E-state index in [4.69, 9.17) is 10.3 Å². The molecule has 0 saturated carbocycles. The van der Waals surface area contributed by atoms with E-state index < -0.39 is 10.1 Å². The monoisotopic (exact) mass is 180 g/mol. The molecule has 10 heavy (non-hydrogen) atoms. The minimum atomic E-state index is -4.15. The van der Waals surface area contributed by atoms with Crippen molar-refractivity contribution in [1.29, 1.82) is 0 Å². The predicted molar refractivity (Wildman–Crippen MR) is 36.3 cm³/mol. The maximum atomic E-state index is 10.3. The molecule has 0 unspecified atom stereocenters. The molecule has 0 saturated heterocycles. The maximum absolute atomic E-state index is 10.3. The van der Waals surface area contributed by atoms with E-state index in [9.17, 15) is 8.42 Å². The highest BCUT2D eigenvalue weighted by molar-refractivity contribution is 7.87. The van der Waals surface area contributed by atoms with Crippen LogP contribution in [0.5, 0.6) is 0 Å². The third kappa shape index (κ3) is 1.43. The molecule has 1 rings (SSSR count). The van der Waals surface area contributed by atoms with E-state index in [1.54, 1.807) is 0 Å². The van der Waals surface area contributed by atoms with Crippen LogP contribution in [0.3, 0.4) is 0 Å². The van der Waals surface area contributed by atoms with Gasteiger partial charge in [0.15, 0.2) is 0 Å². The lowest BCUT2D eigenvalue weighted by molar-refractivity contribution is 0.482. The van der Waals surface area contributed by atoms with E-state index in [1.165, 1.54) is 5.38 Å². The minimum absolute atomic E-state index is 0.0950. The van der Waals surface area contributed by atoms with Gasteiger partial charge in [0, 0.05) is 5.38 Å². The van der Waals surface area contributed by atoms with Gasteiger partial charge in [0.05, 0.1) is 0 Å². The Bertz CT molecular complexity index is 327. The molecule has 0 aliphatic heterocycles. The average molecular weight is 180 g/mol. The topological polar surface area (TPSA) is 93.3 Å². The second-order valence-corrected chi connectivity index (χ2v) is 3.97. The molecule has 1 heterocycles. The van der Waals surface area contributed by atoms with Gasteiger partial charge in [0.1, 0.15) is 5.82 Å². The number of anilines is 1. The van der Waals surface area contributed by atoms with Crippen LogP contribution in [0, 0.1) is 0 Å². The lowest BCUT2D eigenvalue weighted by Crippen LogP contribution is -1.97. The van der Waals surface area contributed by atoms with Gasteiger partial charge in [-0.15, -0.1) is 11.3 Å². The van der Waals surface area contributed by atoms with Crippen molar-refractivity contribution in [3.63, 3.8) is 0 Å². The summed E-state index contributed by atoms with van der Waals surface area (Å²) < 4.78 is 28.6. The molecule has 1 aromatic rings. The Balaban J connectivity index is 3.21. The summed E-state index contributed by atoms with van der Waals surface area (Å²) in [5, 5.41) is 1.34. The molecule has 0 spiro atoms.